The number of hydrogen-bond acceptors (Lipinski definition) is 4. The molecule has 0 saturated heterocycles. The van der Waals surface area contributed by atoms with Crippen molar-refractivity contribution < 1.29 is 22.4 Å². The molecule has 0 aromatic carbocycles. The third-order valence-corrected chi connectivity index (χ3v) is 3.74. The molecule has 0 aliphatic carbocycles. The van der Waals surface area contributed by atoms with E-state index in [0.29, 0.717) is 43.7 Å². The van der Waals surface area contributed by atoms with E-state index in [1.165, 1.54) is 0 Å². The molecule has 1 aromatic rings. The van der Waals surface area contributed by atoms with Gasteiger partial charge in [-0.25, -0.2) is 4.99 Å². The molecule has 1 rings (SSSR count). The Kier molecular flexibility index (Phi) is 10.1. The Morgan fingerprint density at radius 3 is 2.62 bits per heavy atom. The second-order valence-corrected chi connectivity index (χ2v) is 5.87. The lowest BCUT2D eigenvalue weighted by Gasteiger charge is -2.11. The van der Waals surface area contributed by atoms with Crippen LogP contribution in [0.1, 0.15) is 57.4 Å². The normalized spacial score (nSPS) is 12.7. The monoisotopic (exact) mass is 378 g/mol. The number of nitrogens with zero attached hydrogens (tertiary/aromatic N) is 2. The third kappa shape index (κ3) is 9.07. The van der Waals surface area contributed by atoms with Gasteiger partial charge in [0.2, 0.25) is 0 Å². The Balaban J connectivity index is 2.41. The first-order valence-corrected chi connectivity index (χ1v) is 9.01. The molecule has 0 amide bonds. The first kappa shape index (κ1) is 22.3. The molecule has 9 heteroatoms. The van der Waals surface area contributed by atoms with Crippen LogP contribution in [0.2, 0.25) is 0 Å². The highest BCUT2D eigenvalue weighted by molar-refractivity contribution is 5.79. The number of guanidine groups is 1. The molecule has 1 heterocycles. The number of rotatable bonds is 11. The summed E-state index contributed by atoms with van der Waals surface area (Å²) in [6, 6.07) is 1.93. The maximum atomic E-state index is 12.0. The zero-order chi connectivity index (χ0) is 19.4. The number of halogens is 3. The third-order valence-electron chi connectivity index (χ3n) is 3.74. The highest BCUT2D eigenvalue weighted by atomic mass is 19.4. The first-order valence-electron chi connectivity index (χ1n) is 9.01. The SMILES string of the molecule is CCNC(=NCc1cc(C(CC)CC)no1)NCCCOCC(F)(F)F. The summed E-state index contributed by atoms with van der Waals surface area (Å²) in [6.07, 6.45) is -1.82. The second kappa shape index (κ2) is 11.8. The van der Waals surface area contributed by atoms with Crippen molar-refractivity contribution in [3.05, 3.63) is 17.5 Å². The molecular formula is C17H29F3N4O2. The van der Waals surface area contributed by atoms with E-state index in [4.69, 9.17) is 4.52 Å². The fourth-order valence-corrected chi connectivity index (χ4v) is 2.37. The van der Waals surface area contributed by atoms with Gasteiger partial charge >= 0.3 is 6.18 Å². The van der Waals surface area contributed by atoms with Gasteiger partial charge in [0.15, 0.2) is 11.7 Å². The number of nitrogens with one attached hydrogen (secondary N) is 2. The number of hydrogen-bond donors (Lipinski definition) is 2. The molecule has 1 aromatic heterocycles. The Morgan fingerprint density at radius 1 is 1.27 bits per heavy atom. The maximum Gasteiger partial charge on any atom is 0.411 e. The molecule has 0 atom stereocenters. The summed E-state index contributed by atoms with van der Waals surface area (Å²) in [5.41, 5.74) is 0.944. The lowest BCUT2D eigenvalue weighted by atomic mass is 9.99. The van der Waals surface area contributed by atoms with Crippen LogP contribution in [-0.2, 0) is 11.3 Å². The highest BCUT2D eigenvalue weighted by Crippen LogP contribution is 2.22. The first-order chi connectivity index (χ1) is 12.4. The molecule has 0 radical (unpaired) electrons. The Bertz CT molecular complexity index is 528. The number of aliphatic imine (C=N–C) groups is 1. The van der Waals surface area contributed by atoms with Crippen LogP contribution in [0.15, 0.2) is 15.6 Å². The van der Waals surface area contributed by atoms with Gasteiger partial charge in [-0.2, -0.15) is 13.2 Å². The molecule has 0 spiro atoms. The predicted molar refractivity (Wildman–Crippen MR) is 94.1 cm³/mol. The van der Waals surface area contributed by atoms with E-state index in [-0.39, 0.29) is 6.61 Å². The van der Waals surface area contributed by atoms with Crippen molar-refractivity contribution >= 4 is 5.96 Å². The molecule has 6 nitrogen and oxygen atoms in total. The van der Waals surface area contributed by atoms with Gasteiger partial charge < -0.3 is 19.9 Å². The van der Waals surface area contributed by atoms with Crippen molar-refractivity contribution in [2.24, 2.45) is 4.99 Å². The zero-order valence-electron chi connectivity index (χ0n) is 15.7. The fourth-order valence-electron chi connectivity index (χ4n) is 2.37. The van der Waals surface area contributed by atoms with E-state index in [0.717, 1.165) is 18.5 Å². The molecular weight excluding hydrogens is 349 g/mol. The summed E-state index contributed by atoms with van der Waals surface area (Å²) in [5.74, 6) is 1.64. The molecule has 0 saturated carbocycles. The molecule has 0 unspecified atom stereocenters. The summed E-state index contributed by atoms with van der Waals surface area (Å²) >= 11 is 0. The van der Waals surface area contributed by atoms with Crippen molar-refractivity contribution in [1.82, 2.24) is 15.8 Å². The van der Waals surface area contributed by atoms with Gasteiger partial charge in [0.25, 0.3) is 0 Å². The van der Waals surface area contributed by atoms with E-state index in [1.54, 1.807) is 0 Å². The highest BCUT2D eigenvalue weighted by Gasteiger charge is 2.27. The van der Waals surface area contributed by atoms with Crippen LogP contribution >= 0.6 is 0 Å². The van der Waals surface area contributed by atoms with Crippen LogP contribution in [0.25, 0.3) is 0 Å². The lowest BCUT2D eigenvalue weighted by Crippen LogP contribution is -2.38. The summed E-state index contributed by atoms with van der Waals surface area (Å²) in [6.45, 7) is 6.46. The molecule has 0 bridgehead atoms. The summed E-state index contributed by atoms with van der Waals surface area (Å²) in [4.78, 5) is 4.40. The van der Waals surface area contributed by atoms with Gasteiger partial charge in [0.05, 0.1) is 5.69 Å². The smallest absolute Gasteiger partial charge is 0.372 e. The summed E-state index contributed by atoms with van der Waals surface area (Å²) < 4.78 is 45.8. The molecule has 0 fully saturated rings. The van der Waals surface area contributed by atoms with Gasteiger partial charge in [0.1, 0.15) is 13.2 Å². The van der Waals surface area contributed by atoms with Gasteiger partial charge in [-0.1, -0.05) is 19.0 Å². The van der Waals surface area contributed by atoms with E-state index in [1.807, 2.05) is 13.0 Å². The predicted octanol–water partition coefficient (Wildman–Crippen LogP) is 3.60. The minimum atomic E-state index is -4.28. The van der Waals surface area contributed by atoms with Crippen molar-refractivity contribution in [3.63, 3.8) is 0 Å². The van der Waals surface area contributed by atoms with Gasteiger partial charge in [-0.05, 0) is 26.2 Å². The number of alkyl halides is 3. The standard InChI is InChI=1S/C17H29F3N4O2/c1-4-13(5-2)15-10-14(26-24-15)11-23-16(21-6-3)22-8-7-9-25-12-17(18,19)20/h10,13H,4-9,11-12H2,1-3H3,(H2,21,22,23). The zero-order valence-corrected chi connectivity index (χ0v) is 15.7. The van der Waals surface area contributed by atoms with E-state index < -0.39 is 12.8 Å². The van der Waals surface area contributed by atoms with Gasteiger partial charge in [-0.15, -0.1) is 0 Å². The average Bonchev–Trinajstić information content (AvgIpc) is 3.04. The quantitative estimate of drug-likeness (QED) is 0.350. The average molecular weight is 378 g/mol. The lowest BCUT2D eigenvalue weighted by molar-refractivity contribution is -0.173. The fraction of sp³-hybridized carbons (Fsp3) is 0.765. The Morgan fingerprint density at radius 2 is 2.00 bits per heavy atom. The van der Waals surface area contributed by atoms with Crippen LogP contribution in [0, 0.1) is 0 Å². The molecule has 0 aliphatic heterocycles. The largest absolute Gasteiger partial charge is 0.411 e. The van der Waals surface area contributed by atoms with Crippen LogP contribution in [0.3, 0.4) is 0 Å². The van der Waals surface area contributed by atoms with E-state index in [2.05, 4.69) is 39.4 Å². The number of ether oxygens (including phenoxy) is 1. The van der Waals surface area contributed by atoms with Crippen LogP contribution in [0.4, 0.5) is 13.2 Å². The van der Waals surface area contributed by atoms with Crippen molar-refractivity contribution in [2.75, 3.05) is 26.3 Å². The van der Waals surface area contributed by atoms with Crippen molar-refractivity contribution in [1.29, 1.82) is 0 Å². The van der Waals surface area contributed by atoms with Crippen LogP contribution in [-0.4, -0.2) is 43.6 Å². The van der Waals surface area contributed by atoms with Crippen LogP contribution in [0.5, 0.6) is 0 Å². The molecule has 2 N–H and O–H groups in total. The maximum absolute atomic E-state index is 12.0. The van der Waals surface area contributed by atoms with Crippen molar-refractivity contribution in [3.8, 4) is 0 Å². The topological polar surface area (TPSA) is 71.7 Å². The molecule has 0 aliphatic rings. The van der Waals surface area contributed by atoms with E-state index in [9.17, 15) is 13.2 Å². The summed E-state index contributed by atoms with van der Waals surface area (Å²) in [5, 5.41) is 10.2. The van der Waals surface area contributed by atoms with E-state index >= 15 is 0 Å². The second-order valence-electron chi connectivity index (χ2n) is 5.87. The molecule has 26 heavy (non-hydrogen) atoms. The number of aromatic nitrogens is 1. The van der Waals surface area contributed by atoms with Crippen molar-refractivity contribution in [2.45, 2.75) is 58.7 Å². The van der Waals surface area contributed by atoms with Gasteiger partial charge in [-0.3, -0.25) is 0 Å². The molecule has 150 valence electrons. The minimum Gasteiger partial charge on any atom is -0.372 e. The Labute approximate surface area is 152 Å². The summed E-state index contributed by atoms with van der Waals surface area (Å²) in [7, 11) is 0. The van der Waals surface area contributed by atoms with Gasteiger partial charge in [0, 0.05) is 31.7 Å². The minimum absolute atomic E-state index is 0.0345. The Hall–Kier alpha value is -1.77. The van der Waals surface area contributed by atoms with Crippen LogP contribution < -0.4 is 10.6 Å².